The lowest BCUT2D eigenvalue weighted by Crippen LogP contribution is -2.44. The molecule has 0 spiro atoms. The highest BCUT2D eigenvalue weighted by Crippen LogP contribution is 2.28. The lowest BCUT2D eigenvalue weighted by atomic mass is 10.2. The number of rotatable bonds is 4. The van der Waals surface area contributed by atoms with Crippen molar-refractivity contribution in [3.63, 3.8) is 0 Å². The first-order chi connectivity index (χ1) is 9.19. The first-order valence-electron chi connectivity index (χ1n) is 5.90. The molecule has 1 aliphatic carbocycles. The van der Waals surface area contributed by atoms with Crippen molar-refractivity contribution in [1.82, 2.24) is 10.9 Å². The topological polar surface area (TPSA) is 91.2 Å². The van der Waals surface area contributed by atoms with E-state index >= 15 is 0 Å². The minimum Gasteiger partial charge on any atom is -0.484 e. The van der Waals surface area contributed by atoms with Gasteiger partial charge in [-0.25, -0.2) is 0 Å². The van der Waals surface area contributed by atoms with Crippen molar-refractivity contribution >= 4 is 11.8 Å². The highest BCUT2D eigenvalue weighted by molar-refractivity contribution is 5.85. The maximum Gasteiger partial charge on any atom is 0.276 e. The molecule has 2 rings (SSSR count). The Morgan fingerprint density at radius 1 is 1.26 bits per heavy atom. The van der Waals surface area contributed by atoms with E-state index in [4.69, 9.17) is 10.00 Å². The maximum absolute atomic E-state index is 11.4. The van der Waals surface area contributed by atoms with Gasteiger partial charge in [0.05, 0.1) is 11.6 Å². The first-order valence-corrected chi connectivity index (χ1v) is 5.90. The molecule has 6 heteroatoms. The third-order valence-corrected chi connectivity index (χ3v) is 2.63. The molecule has 0 atom stereocenters. The summed E-state index contributed by atoms with van der Waals surface area (Å²) in [5, 5.41) is 8.62. The van der Waals surface area contributed by atoms with Crippen LogP contribution in [0.25, 0.3) is 0 Å². The standard InChI is InChI=1S/C13H13N3O3/c14-7-9-1-5-11(6-2-9)19-8-12(17)15-16-13(18)10-3-4-10/h1-2,5-6,10H,3-4,8H2,(H,15,17)(H,16,18). The summed E-state index contributed by atoms with van der Waals surface area (Å²) in [6.07, 6.45) is 1.76. The van der Waals surface area contributed by atoms with Crippen LogP contribution in [-0.2, 0) is 9.59 Å². The van der Waals surface area contributed by atoms with Crippen LogP contribution in [0.15, 0.2) is 24.3 Å². The molecule has 1 aromatic carbocycles. The molecule has 0 saturated heterocycles. The van der Waals surface area contributed by atoms with Gasteiger partial charge in [-0.3, -0.25) is 20.4 Å². The molecule has 98 valence electrons. The average molecular weight is 259 g/mol. The van der Waals surface area contributed by atoms with Gasteiger partial charge in [-0.05, 0) is 37.1 Å². The van der Waals surface area contributed by atoms with Gasteiger partial charge >= 0.3 is 0 Å². The second-order valence-electron chi connectivity index (χ2n) is 4.24. The van der Waals surface area contributed by atoms with Gasteiger partial charge in [0, 0.05) is 5.92 Å². The Morgan fingerprint density at radius 2 is 1.95 bits per heavy atom. The fourth-order valence-corrected chi connectivity index (χ4v) is 1.39. The van der Waals surface area contributed by atoms with Crippen LogP contribution in [0.4, 0.5) is 0 Å². The van der Waals surface area contributed by atoms with Gasteiger partial charge in [-0.1, -0.05) is 0 Å². The van der Waals surface area contributed by atoms with Gasteiger partial charge in [0.2, 0.25) is 5.91 Å². The largest absolute Gasteiger partial charge is 0.484 e. The summed E-state index contributed by atoms with van der Waals surface area (Å²) >= 11 is 0. The molecule has 1 saturated carbocycles. The molecule has 0 radical (unpaired) electrons. The summed E-state index contributed by atoms with van der Waals surface area (Å²) in [5.41, 5.74) is 5.14. The molecule has 19 heavy (non-hydrogen) atoms. The number of ether oxygens (including phenoxy) is 1. The Balaban J connectivity index is 1.70. The fourth-order valence-electron chi connectivity index (χ4n) is 1.39. The van der Waals surface area contributed by atoms with Crippen LogP contribution in [0.2, 0.25) is 0 Å². The maximum atomic E-state index is 11.4. The van der Waals surface area contributed by atoms with E-state index in [-0.39, 0.29) is 18.4 Å². The molecule has 1 aliphatic rings. The third kappa shape index (κ3) is 4.00. The number of hydrogen-bond acceptors (Lipinski definition) is 4. The minimum absolute atomic E-state index is 0.0414. The molecule has 1 aromatic rings. The van der Waals surface area contributed by atoms with Gasteiger partial charge in [0.25, 0.3) is 5.91 Å². The van der Waals surface area contributed by atoms with Crippen LogP contribution in [0.3, 0.4) is 0 Å². The lowest BCUT2D eigenvalue weighted by molar-refractivity contribution is -0.130. The molecule has 2 amide bonds. The van der Waals surface area contributed by atoms with E-state index in [1.54, 1.807) is 24.3 Å². The molecule has 0 aliphatic heterocycles. The zero-order valence-corrected chi connectivity index (χ0v) is 10.2. The summed E-state index contributed by atoms with van der Waals surface area (Å²) in [7, 11) is 0. The molecule has 1 fully saturated rings. The number of benzene rings is 1. The zero-order chi connectivity index (χ0) is 13.7. The molecule has 6 nitrogen and oxygen atoms in total. The van der Waals surface area contributed by atoms with E-state index < -0.39 is 5.91 Å². The van der Waals surface area contributed by atoms with Crippen molar-refractivity contribution in [2.24, 2.45) is 5.92 Å². The van der Waals surface area contributed by atoms with Crippen molar-refractivity contribution in [2.75, 3.05) is 6.61 Å². The third-order valence-electron chi connectivity index (χ3n) is 2.63. The summed E-state index contributed by atoms with van der Waals surface area (Å²) in [4.78, 5) is 22.6. The number of amides is 2. The zero-order valence-electron chi connectivity index (χ0n) is 10.2. The van der Waals surface area contributed by atoms with Crippen molar-refractivity contribution in [3.05, 3.63) is 29.8 Å². The molecule has 2 N–H and O–H groups in total. The van der Waals surface area contributed by atoms with E-state index in [0.29, 0.717) is 11.3 Å². The molecule has 0 unspecified atom stereocenters. The lowest BCUT2D eigenvalue weighted by Gasteiger charge is -2.08. The van der Waals surface area contributed by atoms with Crippen LogP contribution in [0, 0.1) is 17.2 Å². The Hall–Kier alpha value is -2.55. The van der Waals surface area contributed by atoms with E-state index in [0.717, 1.165) is 12.8 Å². The normalized spacial score (nSPS) is 13.2. The Morgan fingerprint density at radius 3 is 2.53 bits per heavy atom. The van der Waals surface area contributed by atoms with Gasteiger partial charge in [0.1, 0.15) is 5.75 Å². The van der Waals surface area contributed by atoms with Crippen molar-refractivity contribution < 1.29 is 14.3 Å². The molecule has 0 bridgehead atoms. The highest BCUT2D eigenvalue weighted by Gasteiger charge is 2.29. The van der Waals surface area contributed by atoms with Crippen LogP contribution < -0.4 is 15.6 Å². The van der Waals surface area contributed by atoms with Crippen molar-refractivity contribution in [2.45, 2.75) is 12.8 Å². The quantitative estimate of drug-likeness (QED) is 0.770. The molecular weight excluding hydrogens is 246 g/mol. The second kappa shape index (κ2) is 5.87. The monoisotopic (exact) mass is 259 g/mol. The summed E-state index contributed by atoms with van der Waals surface area (Å²) in [5.74, 6) is -0.0625. The fraction of sp³-hybridized carbons (Fsp3) is 0.308. The van der Waals surface area contributed by atoms with Crippen LogP contribution in [-0.4, -0.2) is 18.4 Å². The Bertz CT molecular complexity index is 515. The average Bonchev–Trinajstić information content (AvgIpc) is 3.27. The van der Waals surface area contributed by atoms with E-state index in [2.05, 4.69) is 10.9 Å². The van der Waals surface area contributed by atoms with Crippen molar-refractivity contribution in [3.8, 4) is 11.8 Å². The second-order valence-corrected chi connectivity index (χ2v) is 4.24. The highest BCUT2D eigenvalue weighted by atomic mass is 16.5. The van der Waals surface area contributed by atoms with Gasteiger partial charge in [-0.15, -0.1) is 0 Å². The number of nitrogens with zero attached hydrogens (tertiary/aromatic N) is 1. The van der Waals surface area contributed by atoms with Crippen LogP contribution in [0.1, 0.15) is 18.4 Å². The number of hydrogen-bond donors (Lipinski definition) is 2. The van der Waals surface area contributed by atoms with Crippen molar-refractivity contribution in [1.29, 1.82) is 5.26 Å². The van der Waals surface area contributed by atoms with E-state index in [9.17, 15) is 9.59 Å². The smallest absolute Gasteiger partial charge is 0.276 e. The van der Waals surface area contributed by atoms with Gasteiger partial charge in [-0.2, -0.15) is 5.26 Å². The number of nitriles is 1. The van der Waals surface area contributed by atoms with E-state index in [1.807, 2.05) is 6.07 Å². The summed E-state index contributed by atoms with van der Waals surface area (Å²) in [6, 6.07) is 8.40. The SMILES string of the molecule is N#Cc1ccc(OCC(=O)NNC(=O)C2CC2)cc1. The molecule has 0 heterocycles. The van der Waals surface area contributed by atoms with Crippen LogP contribution >= 0.6 is 0 Å². The predicted molar refractivity (Wildman–Crippen MR) is 65.7 cm³/mol. The summed E-state index contributed by atoms with van der Waals surface area (Å²) in [6.45, 7) is -0.198. The molecule has 0 aromatic heterocycles. The Kier molecular flexibility index (Phi) is 3.98. The van der Waals surface area contributed by atoms with Gasteiger partial charge in [0.15, 0.2) is 6.61 Å². The predicted octanol–water partition coefficient (Wildman–Crippen LogP) is 0.494. The van der Waals surface area contributed by atoms with Crippen LogP contribution in [0.5, 0.6) is 5.75 Å². The Labute approximate surface area is 110 Å². The molecular formula is C13H13N3O3. The number of carbonyl (C=O) groups excluding carboxylic acids is 2. The number of nitrogens with one attached hydrogen (secondary N) is 2. The first kappa shape index (κ1) is 12.9. The minimum atomic E-state index is -0.432. The van der Waals surface area contributed by atoms with Gasteiger partial charge < -0.3 is 4.74 Å². The number of hydrazine groups is 1. The van der Waals surface area contributed by atoms with E-state index in [1.165, 1.54) is 0 Å². The summed E-state index contributed by atoms with van der Waals surface area (Å²) < 4.78 is 5.20. The number of carbonyl (C=O) groups is 2.